The van der Waals surface area contributed by atoms with Crippen LogP contribution in [0.5, 0.6) is 0 Å². The van der Waals surface area contributed by atoms with Gasteiger partial charge >= 0.3 is 0 Å². The summed E-state index contributed by atoms with van der Waals surface area (Å²) < 4.78 is 13.0. The molecule has 1 saturated carbocycles. The Morgan fingerprint density at radius 1 is 1.43 bits per heavy atom. The Morgan fingerprint density at radius 2 is 2.07 bits per heavy atom. The molecule has 1 fully saturated rings. The zero-order valence-corrected chi connectivity index (χ0v) is 8.34. The van der Waals surface area contributed by atoms with E-state index in [-0.39, 0.29) is 11.2 Å². The normalized spacial score (nSPS) is 28.1. The van der Waals surface area contributed by atoms with Crippen molar-refractivity contribution in [2.45, 2.75) is 25.7 Å². The van der Waals surface area contributed by atoms with Crippen LogP contribution in [-0.4, -0.2) is 0 Å². The van der Waals surface area contributed by atoms with E-state index < -0.39 is 5.41 Å². The minimum absolute atomic E-state index is 0.0183. The van der Waals surface area contributed by atoms with Crippen molar-refractivity contribution in [2.24, 2.45) is 5.41 Å². The largest absolute Gasteiger partial charge is 0.207 e. The Hall–Kier alpha value is -1.36. The van der Waals surface area contributed by atoms with Crippen molar-refractivity contribution in [3.05, 3.63) is 35.6 Å². The summed E-state index contributed by atoms with van der Waals surface area (Å²) in [5.41, 5.74) is 0.329. The van der Waals surface area contributed by atoms with Gasteiger partial charge in [0.05, 0.1) is 11.5 Å². The Morgan fingerprint density at radius 3 is 2.50 bits per heavy atom. The third-order valence-electron chi connectivity index (χ3n) is 3.25. The number of benzene rings is 1. The standard InChI is InChI=1S/C12H12FN/c1-11(2)7-12(11,8-14)9-4-3-5-10(13)6-9/h3-6H,7H2,1-2H3. The van der Waals surface area contributed by atoms with Crippen LogP contribution in [0.4, 0.5) is 4.39 Å². The van der Waals surface area contributed by atoms with E-state index in [1.54, 1.807) is 6.07 Å². The van der Waals surface area contributed by atoms with Crippen molar-refractivity contribution in [3.63, 3.8) is 0 Å². The van der Waals surface area contributed by atoms with Gasteiger partial charge in [0.25, 0.3) is 0 Å². The summed E-state index contributed by atoms with van der Waals surface area (Å²) in [5, 5.41) is 9.16. The van der Waals surface area contributed by atoms with Gasteiger partial charge in [0.2, 0.25) is 0 Å². The number of rotatable bonds is 1. The van der Waals surface area contributed by atoms with Gasteiger partial charge in [0.15, 0.2) is 0 Å². The summed E-state index contributed by atoms with van der Waals surface area (Å²) in [7, 11) is 0. The van der Waals surface area contributed by atoms with Crippen molar-refractivity contribution in [3.8, 4) is 6.07 Å². The lowest BCUT2D eigenvalue weighted by atomic mass is 9.89. The van der Waals surface area contributed by atoms with Gasteiger partial charge in [0.1, 0.15) is 5.82 Å². The van der Waals surface area contributed by atoms with E-state index >= 15 is 0 Å². The molecule has 0 heterocycles. The van der Waals surface area contributed by atoms with E-state index in [9.17, 15) is 4.39 Å². The monoisotopic (exact) mass is 189 g/mol. The van der Waals surface area contributed by atoms with Crippen LogP contribution < -0.4 is 0 Å². The summed E-state index contributed by atoms with van der Waals surface area (Å²) in [4.78, 5) is 0. The van der Waals surface area contributed by atoms with Gasteiger partial charge in [-0.2, -0.15) is 5.26 Å². The van der Waals surface area contributed by atoms with E-state index in [0.29, 0.717) is 0 Å². The molecule has 0 amide bonds. The van der Waals surface area contributed by atoms with Gasteiger partial charge in [-0.25, -0.2) is 4.39 Å². The molecular formula is C12H12FN. The fourth-order valence-electron chi connectivity index (χ4n) is 2.12. The Labute approximate surface area is 83.2 Å². The van der Waals surface area contributed by atoms with Gasteiger partial charge in [-0.1, -0.05) is 26.0 Å². The van der Waals surface area contributed by atoms with Crippen LogP contribution in [0.25, 0.3) is 0 Å². The summed E-state index contributed by atoms with van der Waals surface area (Å²) >= 11 is 0. The number of hydrogen-bond donors (Lipinski definition) is 0. The Balaban J connectivity index is 2.47. The van der Waals surface area contributed by atoms with Crippen molar-refractivity contribution in [1.82, 2.24) is 0 Å². The summed E-state index contributed by atoms with van der Waals surface area (Å²) in [6, 6.07) is 8.70. The highest BCUT2D eigenvalue weighted by molar-refractivity contribution is 5.44. The van der Waals surface area contributed by atoms with Gasteiger partial charge in [-0.05, 0) is 29.5 Å². The number of nitriles is 1. The number of halogens is 1. The molecule has 2 heteroatoms. The van der Waals surface area contributed by atoms with Crippen molar-refractivity contribution in [2.75, 3.05) is 0 Å². The van der Waals surface area contributed by atoms with E-state index in [0.717, 1.165) is 12.0 Å². The molecule has 0 bridgehead atoms. The average molecular weight is 189 g/mol. The Bertz CT molecular complexity index is 417. The lowest BCUT2D eigenvalue weighted by Gasteiger charge is -2.12. The third kappa shape index (κ3) is 1.05. The maximum atomic E-state index is 13.0. The predicted molar refractivity (Wildman–Crippen MR) is 52.1 cm³/mol. The molecule has 0 radical (unpaired) electrons. The molecule has 72 valence electrons. The molecule has 1 unspecified atom stereocenters. The van der Waals surface area contributed by atoms with Crippen LogP contribution in [0.1, 0.15) is 25.8 Å². The second-order valence-electron chi connectivity index (χ2n) is 4.59. The fraction of sp³-hybridized carbons (Fsp3) is 0.417. The number of nitrogens with zero attached hydrogens (tertiary/aromatic N) is 1. The van der Waals surface area contributed by atoms with Gasteiger partial charge in [0, 0.05) is 0 Å². The molecule has 1 nitrogen and oxygen atoms in total. The van der Waals surface area contributed by atoms with E-state index in [4.69, 9.17) is 5.26 Å². The zero-order valence-electron chi connectivity index (χ0n) is 8.34. The highest BCUT2D eigenvalue weighted by atomic mass is 19.1. The second kappa shape index (κ2) is 2.57. The molecule has 0 aliphatic heterocycles. The molecule has 1 aromatic carbocycles. The molecule has 0 spiro atoms. The van der Waals surface area contributed by atoms with Gasteiger partial charge < -0.3 is 0 Å². The first-order chi connectivity index (χ1) is 6.52. The molecular weight excluding hydrogens is 177 g/mol. The highest BCUT2D eigenvalue weighted by Gasteiger charge is 2.63. The van der Waals surface area contributed by atoms with Crippen LogP contribution in [-0.2, 0) is 5.41 Å². The van der Waals surface area contributed by atoms with Crippen LogP contribution in [0, 0.1) is 22.6 Å². The van der Waals surface area contributed by atoms with Crippen molar-refractivity contribution in [1.29, 1.82) is 5.26 Å². The van der Waals surface area contributed by atoms with Gasteiger partial charge in [-0.15, -0.1) is 0 Å². The summed E-state index contributed by atoms with van der Waals surface area (Å²) in [6.07, 6.45) is 0.819. The SMILES string of the molecule is CC1(C)CC1(C#N)c1cccc(F)c1. The molecule has 0 aromatic heterocycles. The number of hydrogen-bond acceptors (Lipinski definition) is 1. The topological polar surface area (TPSA) is 23.8 Å². The van der Waals surface area contributed by atoms with Crippen molar-refractivity contribution < 1.29 is 4.39 Å². The lowest BCUT2D eigenvalue weighted by molar-refractivity contribution is 0.564. The van der Waals surface area contributed by atoms with Crippen LogP contribution in [0.15, 0.2) is 24.3 Å². The molecule has 1 aliphatic rings. The van der Waals surface area contributed by atoms with Gasteiger partial charge in [-0.3, -0.25) is 0 Å². The minimum atomic E-state index is -0.463. The first kappa shape index (κ1) is 9.21. The predicted octanol–water partition coefficient (Wildman–Crippen LogP) is 3.02. The maximum Gasteiger partial charge on any atom is 0.123 e. The molecule has 0 saturated heterocycles. The molecule has 14 heavy (non-hydrogen) atoms. The fourth-order valence-corrected chi connectivity index (χ4v) is 2.12. The van der Waals surface area contributed by atoms with Crippen molar-refractivity contribution >= 4 is 0 Å². The van der Waals surface area contributed by atoms with Crippen LogP contribution in [0.3, 0.4) is 0 Å². The van der Waals surface area contributed by atoms with Crippen LogP contribution >= 0.6 is 0 Å². The quantitative estimate of drug-likeness (QED) is 0.666. The van der Waals surface area contributed by atoms with E-state index in [1.807, 2.05) is 19.9 Å². The van der Waals surface area contributed by atoms with E-state index in [2.05, 4.69) is 6.07 Å². The lowest BCUT2D eigenvalue weighted by Crippen LogP contribution is -2.11. The Kier molecular flexibility index (Phi) is 1.69. The summed E-state index contributed by atoms with van der Waals surface area (Å²) in [5.74, 6) is -0.264. The smallest absolute Gasteiger partial charge is 0.123 e. The summed E-state index contributed by atoms with van der Waals surface area (Å²) in [6.45, 7) is 4.09. The highest BCUT2D eigenvalue weighted by Crippen LogP contribution is 2.63. The first-order valence-electron chi connectivity index (χ1n) is 4.69. The molecule has 1 atom stereocenters. The molecule has 0 N–H and O–H groups in total. The second-order valence-corrected chi connectivity index (χ2v) is 4.59. The van der Waals surface area contributed by atoms with Crippen LogP contribution in [0.2, 0.25) is 0 Å². The third-order valence-corrected chi connectivity index (χ3v) is 3.25. The minimum Gasteiger partial charge on any atom is -0.207 e. The molecule has 1 aliphatic carbocycles. The average Bonchev–Trinajstić information content (AvgIpc) is 2.70. The maximum absolute atomic E-state index is 13.0. The first-order valence-corrected chi connectivity index (χ1v) is 4.69. The molecule has 2 rings (SSSR count). The molecule has 1 aromatic rings. The van der Waals surface area contributed by atoms with E-state index in [1.165, 1.54) is 12.1 Å². The zero-order chi connectivity index (χ0) is 10.4.